The number of nitrogens with zero attached hydrogens (tertiary/aromatic N) is 3. The van der Waals surface area contributed by atoms with Gasteiger partial charge in [0.15, 0.2) is 11.6 Å². The van der Waals surface area contributed by atoms with Crippen molar-refractivity contribution in [1.29, 1.82) is 0 Å². The zero-order chi connectivity index (χ0) is 23.5. The SMILES string of the molecule is Nc1ccc(-c2nc(-c3ccc(N)cc3)nc(P(=O)(c3ccccc3)c3ccccc3)n2)cc1. The first-order valence-electron chi connectivity index (χ1n) is 10.7. The second-order valence-electron chi connectivity index (χ2n) is 7.81. The Kier molecular flexibility index (Phi) is 5.66. The fraction of sp³-hybridized carbons (Fsp3) is 0. The van der Waals surface area contributed by atoms with Gasteiger partial charge in [-0.25, -0.2) is 15.0 Å². The predicted octanol–water partition coefficient (Wildman–Crippen LogP) is 4.01. The van der Waals surface area contributed by atoms with Crippen LogP contribution in [0.1, 0.15) is 0 Å². The van der Waals surface area contributed by atoms with Crippen LogP contribution < -0.4 is 27.6 Å². The molecule has 0 aliphatic heterocycles. The van der Waals surface area contributed by atoms with E-state index in [4.69, 9.17) is 26.4 Å². The molecule has 0 saturated heterocycles. The Hall–Kier alpha value is -4.28. The minimum atomic E-state index is -3.40. The molecule has 0 saturated carbocycles. The molecule has 34 heavy (non-hydrogen) atoms. The lowest BCUT2D eigenvalue weighted by atomic mass is 10.1. The van der Waals surface area contributed by atoms with Crippen LogP contribution in [0.3, 0.4) is 0 Å². The molecule has 5 rings (SSSR count). The summed E-state index contributed by atoms with van der Waals surface area (Å²) in [5.41, 5.74) is 14.8. The van der Waals surface area contributed by atoms with Crippen LogP contribution in [0.15, 0.2) is 109 Å². The van der Waals surface area contributed by atoms with Gasteiger partial charge in [0.1, 0.15) is 0 Å². The average molecular weight is 463 g/mol. The molecule has 0 amide bonds. The van der Waals surface area contributed by atoms with Gasteiger partial charge in [-0.2, -0.15) is 0 Å². The topological polar surface area (TPSA) is 108 Å². The molecular weight excluding hydrogens is 441 g/mol. The molecule has 6 nitrogen and oxygen atoms in total. The minimum absolute atomic E-state index is 0.221. The molecule has 4 aromatic carbocycles. The van der Waals surface area contributed by atoms with Gasteiger partial charge in [-0.3, -0.25) is 0 Å². The van der Waals surface area contributed by atoms with Gasteiger partial charge in [0, 0.05) is 33.1 Å². The molecule has 0 atom stereocenters. The maximum absolute atomic E-state index is 14.9. The number of aromatic nitrogens is 3. The quantitative estimate of drug-likeness (QED) is 0.301. The molecular formula is C27H22N5OP. The molecule has 5 aromatic rings. The molecule has 0 bridgehead atoms. The van der Waals surface area contributed by atoms with Crippen molar-refractivity contribution in [3.8, 4) is 22.8 Å². The molecule has 0 spiro atoms. The van der Waals surface area contributed by atoms with E-state index in [1.165, 1.54) is 0 Å². The van der Waals surface area contributed by atoms with Gasteiger partial charge in [-0.05, 0) is 48.5 Å². The highest BCUT2D eigenvalue weighted by Crippen LogP contribution is 2.41. The van der Waals surface area contributed by atoms with Crippen LogP contribution in [-0.2, 0) is 4.57 Å². The van der Waals surface area contributed by atoms with Gasteiger partial charge in [0.25, 0.3) is 0 Å². The molecule has 0 radical (unpaired) electrons. The molecule has 1 heterocycles. The van der Waals surface area contributed by atoms with E-state index in [1.807, 2.05) is 84.9 Å². The third kappa shape index (κ3) is 4.07. The summed E-state index contributed by atoms with van der Waals surface area (Å²) < 4.78 is 14.9. The summed E-state index contributed by atoms with van der Waals surface area (Å²) in [6.45, 7) is 0. The van der Waals surface area contributed by atoms with E-state index in [0.29, 0.717) is 33.6 Å². The Labute approximate surface area is 197 Å². The van der Waals surface area contributed by atoms with Crippen molar-refractivity contribution in [2.75, 3.05) is 11.5 Å². The minimum Gasteiger partial charge on any atom is -0.399 e. The van der Waals surface area contributed by atoms with Crippen LogP contribution in [0.25, 0.3) is 22.8 Å². The Bertz CT molecular complexity index is 1360. The van der Waals surface area contributed by atoms with Gasteiger partial charge in [-0.15, -0.1) is 0 Å². The first-order chi connectivity index (χ1) is 16.5. The largest absolute Gasteiger partial charge is 0.399 e. The Balaban J connectivity index is 1.80. The summed E-state index contributed by atoms with van der Waals surface area (Å²) in [6.07, 6.45) is 0. The molecule has 166 valence electrons. The second-order valence-corrected chi connectivity index (χ2v) is 10.5. The molecule has 7 heteroatoms. The van der Waals surface area contributed by atoms with E-state index < -0.39 is 7.14 Å². The van der Waals surface area contributed by atoms with Crippen LogP contribution in [-0.4, -0.2) is 15.0 Å². The zero-order valence-corrected chi connectivity index (χ0v) is 19.1. The summed E-state index contributed by atoms with van der Waals surface area (Å²) >= 11 is 0. The van der Waals surface area contributed by atoms with E-state index in [-0.39, 0.29) is 5.57 Å². The number of rotatable bonds is 5. The molecule has 0 aliphatic carbocycles. The predicted molar refractivity (Wildman–Crippen MR) is 139 cm³/mol. The third-order valence-corrected chi connectivity index (χ3v) is 8.30. The lowest BCUT2D eigenvalue weighted by Crippen LogP contribution is -2.30. The summed E-state index contributed by atoms with van der Waals surface area (Å²) in [7, 11) is -3.40. The Morgan fingerprint density at radius 3 is 1.26 bits per heavy atom. The second kappa shape index (κ2) is 8.93. The van der Waals surface area contributed by atoms with Crippen LogP contribution in [0, 0.1) is 0 Å². The number of anilines is 2. The number of hydrogen-bond donors (Lipinski definition) is 2. The van der Waals surface area contributed by atoms with Gasteiger partial charge >= 0.3 is 0 Å². The van der Waals surface area contributed by atoms with Gasteiger partial charge in [-0.1, -0.05) is 60.7 Å². The number of benzene rings is 4. The van der Waals surface area contributed by atoms with Crippen molar-refractivity contribution in [3.63, 3.8) is 0 Å². The maximum atomic E-state index is 14.9. The third-order valence-electron chi connectivity index (χ3n) is 5.48. The molecule has 1 aromatic heterocycles. The van der Waals surface area contributed by atoms with E-state index in [2.05, 4.69) is 0 Å². The fourth-order valence-electron chi connectivity index (χ4n) is 3.68. The van der Waals surface area contributed by atoms with E-state index in [1.54, 1.807) is 24.3 Å². The molecule has 0 unspecified atom stereocenters. The van der Waals surface area contributed by atoms with E-state index >= 15 is 0 Å². The standard InChI is InChI=1S/C27H22N5OP/c28-21-15-11-19(12-16-21)25-30-26(20-13-17-22(29)18-14-20)32-27(31-25)34(33,23-7-3-1-4-8-23)24-9-5-2-6-10-24/h1-18H,28-29H2. The van der Waals surface area contributed by atoms with Crippen molar-refractivity contribution in [2.24, 2.45) is 0 Å². The zero-order valence-electron chi connectivity index (χ0n) is 18.2. The number of nitrogen functional groups attached to an aromatic ring is 2. The summed E-state index contributed by atoms with van der Waals surface area (Å²) in [5.74, 6) is 0.841. The highest BCUT2D eigenvalue weighted by atomic mass is 31.2. The normalized spacial score (nSPS) is 11.3. The van der Waals surface area contributed by atoms with Crippen LogP contribution in [0.4, 0.5) is 11.4 Å². The fourth-order valence-corrected chi connectivity index (χ4v) is 6.10. The lowest BCUT2D eigenvalue weighted by molar-refractivity contribution is 0.591. The first-order valence-corrected chi connectivity index (χ1v) is 12.4. The number of nitrogens with two attached hydrogens (primary N) is 2. The molecule has 0 fully saturated rings. The maximum Gasteiger partial charge on any atom is 0.206 e. The smallest absolute Gasteiger partial charge is 0.206 e. The van der Waals surface area contributed by atoms with Crippen LogP contribution in [0.2, 0.25) is 0 Å². The summed E-state index contributed by atoms with van der Waals surface area (Å²) in [4.78, 5) is 14.2. The van der Waals surface area contributed by atoms with Gasteiger partial charge < -0.3 is 16.0 Å². The average Bonchev–Trinajstić information content (AvgIpc) is 2.90. The summed E-state index contributed by atoms with van der Waals surface area (Å²) in [5, 5.41) is 1.30. The Morgan fingerprint density at radius 1 is 0.500 bits per heavy atom. The van der Waals surface area contributed by atoms with E-state index in [9.17, 15) is 4.57 Å². The van der Waals surface area contributed by atoms with Crippen molar-refractivity contribution >= 4 is 34.7 Å². The number of hydrogen-bond acceptors (Lipinski definition) is 6. The van der Waals surface area contributed by atoms with Gasteiger partial charge in [0.05, 0.1) is 0 Å². The molecule has 4 N–H and O–H groups in total. The summed E-state index contributed by atoms with van der Waals surface area (Å²) in [6, 6.07) is 33.2. The van der Waals surface area contributed by atoms with Crippen molar-refractivity contribution < 1.29 is 4.57 Å². The van der Waals surface area contributed by atoms with Gasteiger partial charge in [0.2, 0.25) is 12.7 Å². The Morgan fingerprint density at radius 2 is 0.882 bits per heavy atom. The first kappa shape index (κ1) is 21.6. The lowest BCUT2D eigenvalue weighted by Gasteiger charge is -2.19. The van der Waals surface area contributed by atoms with Crippen LogP contribution in [0.5, 0.6) is 0 Å². The monoisotopic (exact) mass is 463 g/mol. The van der Waals surface area contributed by atoms with Crippen molar-refractivity contribution in [2.45, 2.75) is 0 Å². The highest BCUT2D eigenvalue weighted by molar-refractivity contribution is 7.84. The highest BCUT2D eigenvalue weighted by Gasteiger charge is 2.34. The van der Waals surface area contributed by atoms with E-state index in [0.717, 1.165) is 11.1 Å². The van der Waals surface area contributed by atoms with Crippen molar-refractivity contribution in [1.82, 2.24) is 15.0 Å². The van der Waals surface area contributed by atoms with Crippen molar-refractivity contribution in [3.05, 3.63) is 109 Å². The molecule has 0 aliphatic rings. The van der Waals surface area contributed by atoms with Crippen LogP contribution >= 0.6 is 7.14 Å².